The molecule has 1 aromatic heterocycles. The largest absolute Gasteiger partial charge is 0.231 e. The molecule has 0 N–H and O–H groups in total. The molecule has 0 saturated heterocycles. The molecular weight excluding hydrogens is 264 g/mol. The Morgan fingerprint density at radius 1 is 1.00 bits per heavy atom. The molecule has 0 atom stereocenters. The molecule has 0 spiro atoms. The standard InChI is InChI=1S/C13H13BrN2/c1-8-4-5-11(10(3)9(8)2)12-6-7-15-13(14)16-12/h4-7H,1-3H3. The second-order valence-electron chi connectivity index (χ2n) is 3.89. The Morgan fingerprint density at radius 3 is 2.44 bits per heavy atom. The molecule has 0 fully saturated rings. The van der Waals surface area contributed by atoms with Gasteiger partial charge in [0.15, 0.2) is 4.73 Å². The maximum absolute atomic E-state index is 4.38. The summed E-state index contributed by atoms with van der Waals surface area (Å²) in [6.07, 6.45) is 1.76. The molecule has 2 rings (SSSR count). The van der Waals surface area contributed by atoms with Gasteiger partial charge in [0.2, 0.25) is 0 Å². The van der Waals surface area contributed by atoms with Crippen LogP contribution in [0.5, 0.6) is 0 Å². The summed E-state index contributed by atoms with van der Waals surface area (Å²) in [5.74, 6) is 0. The van der Waals surface area contributed by atoms with Crippen molar-refractivity contribution in [3.8, 4) is 11.3 Å². The third-order valence-corrected chi connectivity index (χ3v) is 3.34. The Kier molecular flexibility index (Phi) is 3.06. The van der Waals surface area contributed by atoms with Crippen LogP contribution >= 0.6 is 15.9 Å². The van der Waals surface area contributed by atoms with Gasteiger partial charge >= 0.3 is 0 Å². The number of nitrogens with zero attached hydrogens (tertiary/aromatic N) is 2. The highest BCUT2D eigenvalue weighted by Crippen LogP contribution is 2.26. The van der Waals surface area contributed by atoms with Gasteiger partial charge in [-0.2, -0.15) is 0 Å². The van der Waals surface area contributed by atoms with Gasteiger partial charge in [-0.3, -0.25) is 0 Å². The third-order valence-electron chi connectivity index (χ3n) is 2.96. The second-order valence-corrected chi connectivity index (χ2v) is 4.60. The Hall–Kier alpha value is -1.22. The first-order valence-corrected chi connectivity index (χ1v) is 5.94. The predicted molar refractivity (Wildman–Crippen MR) is 69.4 cm³/mol. The molecule has 0 aliphatic carbocycles. The number of benzene rings is 1. The van der Waals surface area contributed by atoms with Crippen molar-refractivity contribution in [2.45, 2.75) is 20.8 Å². The fourth-order valence-corrected chi connectivity index (χ4v) is 2.03. The summed E-state index contributed by atoms with van der Waals surface area (Å²) in [6.45, 7) is 6.40. The Labute approximate surface area is 104 Å². The minimum atomic E-state index is 0.627. The number of aromatic nitrogens is 2. The van der Waals surface area contributed by atoms with E-state index in [4.69, 9.17) is 0 Å². The molecule has 0 aliphatic heterocycles. The number of halogens is 1. The van der Waals surface area contributed by atoms with E-state index in [1.54, 1.807) is 6.20 Å². The topological polar surface area (TPSA) is 25.8 Å². The van der Waals surface area contributed by atoms with Gasteiger partial charge in [-0.15, -0.1) is 0 Å². The van der Waals surface area contributed by atoms with Gasteiger partial charge in [-0.05, 0) is 59.5 Å². The maximum Gasteiger partial charge on any atom is 0.197 e. The summed E-state index contributed by atoms with van der Waals surface area (Å²) in [6, 6.07) is 6.18. The first-order chi connectivity index (χ1) is 7.59. The molecule has 1 aromatic carbocycles. The normalized spacial score (nSPS) is 10.5. The fraction of sp³-hybridized carbons (Fsp3) is 0.231. The molecule has 0 unspecified atom stereocenters. The van der Waals surface area contributed by atoms with Crippen molar-refractivity contribution in [1.82, 2.24) is 9.97 Å². The molecule has 0 amide bonds. The van der Waals surface area contributed by atoms with Gasteiger partial charge in [0.25, 0.3) is 0 Å². The lowest BCUT2D eigenvalue weighted by Gasteiger charge is -2.10. The van der Waals surface area contributed by atoms with Crippen molar-refractivity contribution in [3.05, 3.63) is 45.8 Å². The SMILES string of the molecule is Cc1ccc(-c2ccnc(Br)n2)c(C)c1C. The summed E-state index contributed by atoms with van der Waals surface area (Å²) < 4.78 is 0.627. The smallest absolute Gasteiger partial charge is 0.197 e. The van der Waals surface area contributed by atoms with Gasteiger partial charge in [0, 0.05) is 11.8 Å². The zero-order valence-electron chi connectivity index (χ0n) is 9.58. The van der Waals surface area contributed by atoms with Gasteiger partial charge in [0.1, 0.15) is 0 Å². The number of hydrogen-bond donors (Lipinski definition) is 0. The van der Waals surface area contributed by atoms with E-state index in [0.717, 1.165) is 5.69 Å². The lowest BCUT2D eigenvalue weighted by atomic mass is 9.97. The van der Waals surface area contributed by atoms with E-state index in [-0.39, 0.29) is 0 Å². The van der Waals surface area contributed by atoms with Crippen LogP contribution in [-0.2, 0) is 0 Å². The quantitative estimate of drug-likeness (QED) is 0.740. The van der Waals surface area contributed by atoms with Crippen molar-refractivity contribution in [3.63, 3.8) is 0 Å². The van der Waals surface area contributed by atoms with E-state index < -0.39 is 0 Å². The number of hydrogen-bond acceptors (Lipinski definition) is 2. The highest BCUT2D eigenvalue weighted by molar-refractivity contribution is 9.10. The fourth-order valence-electron chi connectivity index (χ4n) is 1.72. The van der Waals surface area contributed by atoms with Crippen molar-refractivity contribution in [2.24, 2.45) is 0 Å². The highest BCUT2D eigenvalue weighted by atomic mass is 79.9. The van der Waals surface area contributed by atoms with E-state index >= 15 is 0 Å². The van der Waals surface area contributed by atoms with Crippen molar-refractivity contribution in [1.29, 1.82) is 0 Å². The lowest BCUT2D eigenvalue weighted by molar-refractivity contribution is 1.11. The Bertz CT molecular complexity index is 535. The monoisotopic (exact) mass is 276 g/mol. The molecule has 82 valence electrons. The molecule has 16 heavy (non-hydrogen) atoms. The molecule has 0 aliphatic rings. The summed E-state index contributed by atoms with van der Waals surface area (Å²) in [5, 5.41) is 0. The van der Waals surface area contributed by atoms with E-state index in [2.05, 4.69) is 58.8 Å². The van der Waals surface area contributed by atoms with Gasteiger partial charge < -0.3 is 0 Å². The average Bonchev–Trinajstić information content (AvgIpc) is 2.26. The summed E-state index contributed by atoms with van der Waals surface area (Å²) >= 11 is 3.29. The van der Waals surface area contributed by atoms with Crippen LogP contribution in [0.15, 0.2) is 29.1 Å². The minimum absolute atomic E-state index is 0.627. The Balaban J connectivity index is 2.61. The molecule has 0 saturated carbocycles. The van der Waals surface area contributed by atoms with Crippen LogP contribution in [0.1, 0.15) is 16.7 Å². The maximum atomic E-state index is 4.38. The first kappa shape index (κ1) is 11.3. The lowest BCUT2D eigenvalue weighted by Crippen LogP contribution is -1.93. The molecule has 2 aromatic rings. The molecule has 0 bridgehead atoms. The van der Waals surface area contributed by atoms with Crippen molar-refractivity contribution < 1.29 is 0 Å². The zero-order valence-corrected chi connectivity index (χ0v) is 11.2. The van der Waals surface area contributed by atoms with Gasteiger partial charge in [-0.1, -0.05) is 12.1 Å². The van der Waals surface area contributed by atoms with Crippen LogP contribution in [0.3, 0.4) is 0 Å². The molecular formula is C13H13BrN2. The van der Waals surface area contributed by atoms with E-state index in [0.29, 0.717) is 4.73 Å². The summed E-state index contributed by atoms with van der Waals surface area (Å²) in [5.41, 5.74) is 6.06. The van der Waals surface area contributed by atoms with Crippen LogP contribution in [0, 0.1) is 20.8 Å². The third kappa shape index (κ3) is 2.00. The van der Waals surface area contributed by atoms with Crippen LogP contribution < -0.4 is 0 Å². The van der Waals surface area contributed by atoms with Crippen LogP contribution in [0.25, 0.3) is 11.3 Å². The predicted octanol–water partition coefficient (Wildman–Crippen LogP) is 3.83. The average molecular weight is 277 g/mol. The summed E-state index contributed by atoms with van der Waals surface area (Å²) in [4.78, 5) is 8.42. The number of aryl methyl sites for hydroxylation is 1. The van der Waals surface area contributed by atoms with E-state index in [1.807, 2.05) is 6.07 Å². The number of rotatable bonds is 1. The van der Waals surface area contributed by atoms with Crippen LogP contribution in [-0.4, -0.2) is 9.97 Å². The molecule has 3 heteroatoms. The molecule has 2 nitrogen and oxygen atoms in total. The van der Waals surface area contributed by atoms with Crippen molar-refractivity contribution in [2.75, 3.05) is 0 Å². The first-order valence-electron chi connectivity index (χ1n) is 5.15. The Morgan fingerprint density at radius 2 is 1.75 bits per heavy atom. The van der Waals surface area contributed by atoms with E-state index in [1.165, 1.54) is 22.3 Å². The minimum Gasteiger partial charge on any atom is -0.231 e. The van der Waals surface area contributed by atoms with E-state index in [9.17, 15) is 0 Å². The van der Waals surface area contributed by atoms with Crippen molar-refractivity contribution >= 4 is 15.9 Å². The zero-order chi connectivity index (χ0) is 11.7. The van der Waals surface area contributed by atoms with Gasteiger partial charge in [0.05, 0.1) is 5.69 Å². The highest BCUT2D eigenvalue weighted by Gasteiger charge is 2.07. The molecule has 0 radical (unpaired) electrons. The van der Waals surface area contributed by atoms with Gasteiger partial charge in [-0.25, -0.2) is 9.97 Å². The summed E-state index contributed by atoms with van der Waals surface area (Å²) in [7, 11) is 0. The van der Waals surface area contributed by atoms with Crippen LogP contribution in [0.2, 0.25) is 0 Å². The molecule has 1 heterocycles. The second kappa shape index (κ2) is 4.34. The van der Waals surface area contributed by atoms with Crippen LogP contribution in [0.4, 0.5) is 0 Å².